The SMILES string of the molecule is CN1C[C@H](NC(c2ccc3c(c2)C=CCO3)c2ccc3c(c2)C=CCO3)C[C@H]1CO. The summed E-state index contributed by atoms with van der Waals surface area (Å²) in [6.07, 6.45) is 9.30. The molecule has 0 radical (unpaired) electrons. The summed E-state index contributed by atoms with van der Waals surface area (Å²) in [4.78, 5) is 2.24. The maximum absolute atomic E-state index is 9.67. The molecule has 1 fully saturated rings. The minimum absolute atomic E-state index is 0.0436. The molecule has 2 aromatic carbocycles. The lowest BCUT2D eigenvalue weighted by Crippen LogP contribution is -2.35. The number of likely N-dealkylation sites (N-methyl/N-ethyl adjacent to an activating group) is 1. The summed E-state index contributed by atoms with van der Waals surface area (Å²) in [7, 11) is 2.08. The van der Waals surface area contributed by atoms with Crippen LogP contribution < -0.4 is 14.8 Å². The Kier molecular flexibility index (Phi) is 5.34. The van der Waals surface area contributed by atoms with Crippen molar-refractivity contribution in [1.29, 1.82) is 0 Å². The number of hydrogen-bond donors (Lipinski definition) is 2. The summed E-state index contributed by atoms with van der Waals surface area (Å²) in [5.74, 6) is 1.87. The van der Waals surface area contributed by atoms with Gasteiger partial charge in [0, 0.05) is 29.8 Å². The van der Waals surface area contributed by atoms with E-state index in [0.29, 0.717) is 19.3 Å². The molecule has 1 saturated heterocycles. The van der Waals surface area contributed by atoms with E-state index in [4.69, 9.17) is 9.47 Å². The number of nitrogens with one attached hydrogen (secondary N) is 1. The van der Waals surface area contributed by atoms with Crippen LogP contribution >= 0.6 is 0 Å². The van der Waals surface area contributed by atoms with Crippen LogP contribution in [0.3, 0.4) is 0 Å². The van der Waals surface area contributed by atoms with Gasteiger partial charge in [-0.25, -0.2) is 0 Å². The first-order valence-electron chi connectivity index (χ1n) is 10.6. The molecule has 0 aliphatic carbocycles. The van der Waals surface area contributed by atoms with E-state index in [1.54, 1.807) is 0 Å². The van der Waals surface area contributed by atoms with Crippen molar-refractivity contribution in [2.24, 2.45) is 0 Å². The fourth-order valence-electron chi connectivity index (χ4n) is 4.68. The van der Waals surface area contributed by atoms with Crippen molar-refractivity contribution in [1.82, 2.24) is 10.2 Å². The molecule has 0 unspecified atom stereocenters. The average Bonchev–Trinajstić information content (AvgIpc) is 3.16. The van der Waals surface area contributed by atoms with E-state index in [2.05, 4.69) is 65.8 Å². The second-order valence-corrected chi connectivity index (χ2v) is 8.33. The quantitative estimate of drug-likeness (QED) is 0.801. The Morgan fingerprint density at radius 2 is 1.60 bits per heavy atom. The van der Waals surface area contributed by atoms with Crippen LogP contribution in [0, 0.1) is 0 Å². The molecule has 5 rings (SSSR count). The standard InChI is InChI=1S/C25H28N2O3/c1-27-15-21(14-22(27)16-28)26-25(19-6-8-23-17(12-19)4-2-10-29-23)20-7-9-24-18(13-20)5-3-11-30-24/h2-9,12-13,21-22,25-26,28H,10-11,14-16H2,1H3/t21-,22+/m1/s1. The Labute approximate surface area is 177 Å². The number of nitrogens with zero attached hydrogens (tertiary/aromatic N) is 1. The van der Waals surface area contributed by atoms with Crippen molar-refractivity contribution in [2.75, 3.05) is 33.4 Å². The van der Waals surface area contributed by atoms with E-state index in [1.165, 1.54) is 11.1 Å². The first kappa shape index (κ1) is 19.4. The number of benzene rings is 2. The van der Waals surface area contributed by atoms with Crippen molar-refractivity contribution in [2.45, 2.75) is 24.5 Å². The molecule has 156 valence electrons. The van der Waals surface area contributed by atoms with Crippen molar-refractivity contribution in [3.63, 3.8) is 0 Å². The topological polar surface area (TPSA) is 54.0 Å². The highest BCUT2D eigenvalue weighted by molar-refractivity contribution is 5.63. The molecule has 2 aromatic rings. The van der Waals surface area contributed by atoms with Crippen LogP contribution in [0.25, 0.3) is 12.2 Å². The summed E-state index contributed by atoms with van der Waals surface area (Å²) in [5, 5.41) is 13.5. The molecule has 2 N–H and O–H groups in total. The fourth-order valence-corrected chi connectivity index (χ4v) is 4.68. The highest BCUT2D eigenvalue weighted by atomic mass is 16.5. The number of likely N-dealkylation sites (tertiary alicyclic amines) is 1. The van der Waals surface area contributed by atoms with E-state index in [-0.39, 0.29) is 18.7 Å². The van der Waals surface area contributed by atoms with Gasteiger partial charge in [0.1, 0.15) is 24.7 Å². The molecular weight excluding hydrogens is 376 g/mol. The Hall–Kier alpha value is -2.60. The third-order valence-corrected chi connectivity index (χ3v) is 6.30. The van der Waals surface area contributed by atoms with Gasteiger partial charge in [-0.3, -0.25) is 4.90 Å². The Morgan fingerprint density at radius 3 is 2.13 bits per heavy atom. The second kappa shape index (κ2) is 8.26. The maximum atomic E-state index is 9.67. The van der Waals surface area contributed by atoms with Gasteiger partial charge in [0.25, 0.3) is 0 Å². The molecule has 5 heteroatoms. The maximum Gasteiger partial charge on any atom is 0.127 e. The molecule has 3 aliphatic heterocycles. The summed E-state index contributed by atoms with van der Waals surface area (Å²) < 4.78 is 11.5. The smallest absolute Gasteiger partial charge is 0.127 e. The van der Waals surface area contributed by atoms with Crippen LogP contribution in [-0.2, 0) is 0 Å². The predicted molar refractivity (Wildman–Crippen MR) is 119 cm³/mol. The zero-order chi connectivity index (χ0) is 20.5. The third-order valence-electron chi connectivity index (χ3n) is 6.30. The number of aliphatic hydroxyl groups excluding tert-OH is 1. The molecule has 30 heavy (non-hydrogen) atoms. The minimum Gasteiger partial charge on any atom is -0.489 e. The Morgan fingerprint density at radius 1 is 1.00 bits per heavy atom. The molecule has 5 nitrogen and oxygen atoms in total. The number of rotatable bonds is 5. The van der Waals surface area contributed by atoms with Gasteiger partial charge in [0.2, 0.25) is 0 Å². The lowest BCUT2D eigenvalue weighted by atomic mass is 9.93. The zero-order valence-electron chi connectivity index (χ0n) is 17.3. The summed E-state index contributed by atoms with van der Waals surface area (Å²) in [6.45, 7) is 2.37. The molecule has 3 aliphatic rings. The molecular formula is C25H28N2O3. The lowest BCUT2D eigenvalue weighted by molar-refractivity contribution is 0.182. The number of ether oxygens (including phenoxy) is 2. The van der Waals surface area contributed by atoms with Crippen LogP contribution in [-0.4, -0.2) is 55.5 Å². The molecule has 0 bridgehead atoms. The predicted octanol–water partition coefficient (Wildman–Crippen LogP) is 3.24. The van der Waals surface area contributed by atoms with Crippen molar-refractivity contribution in [3.05, 3.63) is 70.8 Å². The largest absolute Gasteiger partial charge is 0.489 e. The van der Waals surface area contributed by atoms with Crippen LogP contribution in [0.4, 0.5) is 0 Å². The van der Waals surface area contributed by atoms with Gasteiger partial charge in [-0.1, -0.05) is 24.3 Å². The summed E-state index contributed by atoms with van der Waals surface area (Å²) >= 11 is 0. The minimum atomic E-state index is 0.0436. The molecule has 0 saturated carbocycles. The van der Waals surface area contributed by atoms with Crippen LogP contribution in [0.5, 0.6) is 11.5 Å². The molecule has 0 spiro atoms. The van der Waals surface area contributed by atoms with Gasteiger partial charge < -0.3 is 19.9 Å². The molecule has 0 amide bonds. The highest BCUT2D eigenvalue weighted by Gasteiger charge is 2.31. The number of aliphatic hydroxyl groups is 1. The van der Waals surface area contributed by atoms with Gasteiger partial charge >= 0.3 is 0 Å². The van der Waals surface area contributed by atoms with Crippen LogP contribution in [0.1, 0.15) is 34.7 Å². The summed E-state index contributed by atoms with van der Waals surface area (Å²) in [5.41, 5.74) is 4.64. The van der Waals surface area contributed by atoms with Crippen molar-refractivity contribution < 1.29 is 14.6 Å². The molecule has 2 atom stereocenters. The molecule has 3 heterocycles. The van der Waals surface area contributed by atoms with Gasteiger partial charge in [0.05, 0.1) is 12.6 Å². The van der Waals surface area contributed by atoms with Gasteiger partial charge in [-0.05, 0) is 61.0 Å². The second-order valence-electron chi connectivity index (χ2n) is 8.33. The summed E-state index contributed by atoms with van der Waals surface area (Å²) in [6, 6.07) is 13.5. The zero-order valence-corrected chi connectivity index (χ0v) is 17.3. The highest BCUT2D eigenvalue weighted by Crippen LogP contribution is 2.34. The fraction of sp³-hybridized carbons (Fsp3) is 0.360. The van der Waals surface area contributed by atoms with Crippen LogP contribution in [0.15, 0.2) is 48.6 Å². The molecule has 0 aromatic heterocycles. The van der Waals surface area contributed by atoms with Crippen molar-refractivity contribution in [3.8, 4) is 11.5 Å². The van der Waals surface area contributed by atoms with Crippen molar-refractivity contribution >= 4 is 12.2 Å². The van der Waals surface area contributed by atoms with Gasteiger partial charge in [-0.2, -0.15) is 0 Å². The first-order valence-corrected chi connectivity index (χ1v) is 10.6. The van der Waals surface area contributed by atoms with E-state index in [0.717, 1.165) is 35.6 Å². The van der Waals surface area contributed by atoms with Gasteiger partial charge in [0.15, 0.2) is 0 Å². The lowest BCUT2D eigenvalue weighted by Gasteiger charge is -2.26. The van der Waals surface area contributed by atoms with Crippen LogP contribution in [0.2, 0.25) is 0 Å². The average molecular weight is 405 g/mol. The monoisotopic (exact) mass is 404 g/mol. The normalized spacial score (nSPS) is 22.5. The van der Waals surface area contributed by atoms with E-state index < -0.39 is 0 Å². The van der Waals surface area contributed by atoms with E-state index in [1.807, 2.05) is 12.2 Å². The third kappa shape index (κ3) is 3.76. The van der Waals surface area contributed by atoms with Gasteiger partial charge in [-0.15, -0.1) is 0 Å². The Bertz CT molecular complexity index is 919. The Balaban J connectivity index is 1.50. The first-order chi connectivity index (χ1) is 14.7. The number of hydrogen-bond acceptors (Lipinski definition) is 5. The van der Waals surface area contributed by atoms with E-state index in [9.17, 15) is 5.11 Å². The van der Waals surface area contributed by atoms with E-state index >= 15 is 0 Å². The number of fused-ring (bicyclic) bond motifs is 2.